The van der Waals surface area contributed by atoms with Gasteiger partial charge < -0.3 is 4.90 Å². The van der Waals surface area contributed by atoms with Crippen molar-refractivity contribution in [3.05, 3.63) is 65.9 Å². The number of para-hydroxylation sites is 1. The largest absolute Gasteiger partial charge is 0.302 e. The predicted octanol–water partition coefficient (Wildman–Crippen LogP) is 3.70. The van der Waals surface area contributed by atoms with Crippen LogP contribution in [-0.4, -0.2) is 9.88 Å². The number of rotatable bonds is 1. The average molecular weight is 271 g/mol. The highest BCUT2D eigenvalue weighted by Gasteiger charge is 2.21. The molecule has 0 amide bonds. The molecule has 21 heavy (non-hydrogen) atoms. The van der Waals surface area contributed by atoms with Crippen LogP contribution < -0.4 is 0 Å². The van der Waals surface area contributed by atoms with Crippen LogP contribution in [0.4, 0.5) is 0 Å². The lowest BCUT2D eigenvalue weighted by atomic mass is 9.97. The summed E-state index contributed by atoms with van der Waals surface area (Å²) < 4.78 is 0. The smallest absolute Gasteiger partial charge is 0.179 e. The molecule has 3 nitrogen and oxygen atoms in total. The van der Waals surface area contributed by atoms with Crippen molar-refractivity contribution in [1.82, 2.24) is 9.88 Å². The second-order valence-corrected chi connectivity index (χ2v) is 5.32. The van der Waals surface area contributed by atoms with E-state index in [-0.39, 0.29) is 0 Å². The van der Waals surface area contributed by atoms with Crippen LogP contribution in [0.3, 0.4) is 0 Å². The molecule has 2 heterocycles. The van der Waals surface area contributed by atoms with Crippen LogP contribution in [0.25, 0.3) is 22.0 Å². The monoisotopic (exact) mass is 271 g/mol. The van der Waals surface area contributed by atoms with Gasteiger partial charge in [-0.15, -0.1) is 0 Å². The third-order valence-corrected chi connectivity index (χ3v) is 4.03. The third-order valence-electron chi connectivity index (χ3n) is 4.03. The number of fused-ring (bicyclic) bond motifs is 2. The molecule has 0 fully saturated rings. The molecule has 0 saturated carbocycles. The van der Waals surface area contributed by atoms with Gasteiger partial charge in [0.05, 0.1) is 18.6 Å². The molecule has 0 radical (unpaired) electrons. The van der Waals surface area contributed by atoms with Gasteiger partial charge in [0.25, 0.3) is 0 Å². The van der Waals surface area contributed by atoms with Crippen molar-refractivity contribution >= 4 is 10.9 Å². The minimum absolute atomic E-state index is 0.689. The van der Waals surface area contributed by atoms with Gasteiger partial charge in [0.15, 0.2) is 6.19 Å². The maximum atomic E-state index is 9.10. The summed E-state index contributed by atoms with van der Waals surface area (Å²) in [6, 6.07) is 16.6. The van der Waals surface area contributed by atoms with Crippen LogP contribution in [0.5, 0.6) is 0 Å². The van der Waals surface area contributed by atoms with Gasteiger partial charge >= 0.3 is 0 Å². The highest BCUT2D eigenvalue weighted by Crippen LogP contribution is 2.33. The molecule has 0 bridgehead atoms. The normalized spacial score (nSPS) is 13.2. The summed E-state index contributed by atoms with van der Waals surface area (Å²) >= 11 is 0. The standard InChI is InChI=1S/C18H13N3/c19-12-21-10-14-5-3-6-16(17(14)11-21)15-8-13-4-1-2-7-18(13)20-9-15/h1-9H,10-11H2. The quantitative estimate of drug-likeness (QED) is 0.634. The molecule has 1 aliphatic heterocycles. The lowest BCUT2D eigenvalue weighted by Crippen LogP contribution is -2.07. The van der Waals surface area contributed by atoms with E-state index in [9.17, 15) is 0 Å². The van der Waals surface area contributed by atoms with Gasteiger partial charge in [-0.25, -0.2) is 0 Å². The van der Waals surface area contributed by atoms with Gasteiger partial charge in [-0.1, -0.05) is 36.4 Å². The molecular formula is C18H13N3. The molecule has 0 saturated heterocycles. The number of aromatic nitrogens is 1. The molecule has 3 aromatic rings. The summed E-state index contributed by atoms with van der Waals surface area (Å²) in [6.45, 7) is 1.40. The van der Waals surface area contributed by atoms with E-state index < -0.39 is 0 Å². The summed E-state index contributed by atoms with van der Waals surface area (Å²) in [5.41, 5.74) is 5.79. The van der Waals surface area contributed by atoms with Crippen molar-refractivity contribution in [3.8, 4) is 17.3 Å². The van der Waals surface area contributed by atoms with Crippen molar-refractivity contribution in [2.45, 2.75) is 13.1 Å². The Bertz CT molecular complexity index is 877. The number of hydrogen-bond acceptors (Lipinski definition) is 3. The van der Waals surface area contributed by atoms with E-state index in [1.165, 1.54) is 16.7 Å². The Hall–Kier alpha value is -2.86. The molecule has 0 N–H and O–H groups in total. The average Bonchev–Trinajstić information content (AvgIpc) is 2.97. The highest BCUT2D eigenvalue weighted by atomic mass is 15.1. The minimum atomic E-state index is 0.689. The van der Waals surface area contributed by atoms with Crippen molar-refractivity contribution in [2.24, 2.45) is 0 Å². The maximum absolute atomic E-state index is 9.10. The van der Waals surface area contributed by atoms with Crippen LogP contribution in [0.1, 0.15) is 11.1 Å². The number of nitrogens with zero attached hydrogens (tertiary/aromatic N) is 3. The first-order chi connectivity index (χ1) is 10.3. The zero-order valence-electron chi connectivity index (χ0n) is 11.5. The summed E-state index contributed by atoms with van der Waals surface area (Å²) in [5, 5.41) is 10.2. The number of benzene rings is 2. The lowest BCUT2D eigenvalue weighted by molar-refractivity contribution is 0.417. The summed E-state index contributed by atoms with van der Waals surface area (Å²) in [4.78, 5) is 6.32. The predicted molar refractivity (Wildman–Crippen MR) is 82.0 cm³/mol. The van der Waals surface area contributed by atoms with E-state index >= 15 is 0 Å². The van der Waals surface area contributed by atoms with Crippen molar-refractivity contribution in [3.63, 3.8) is 0 Å². The third kappa shape index (κ3) is 1.93. The first-order valence-corrected chi connectivity index (χ1v) is 6.96. The van der Waals surface area contributed by atoms with Gasteiger partial charge in [-0.3, -0.25) is 4.98 Å². The van der Waals surface area contributed by atoms with Crippen molar-refractivity contribution < 1.29 is 0 Å². The fraction of sp³-hybridized carbons (Fsp3) is 0.111. The Morgan fingerprint density at radius 1 is 1.05 bits per heavy atom. The molecule has 0 unspecified atom stereocenters. The topological polar surface area (TPSA) is 39.9 Å². The SMILES string of the molecule is N#CN1Cc2cccc(-c3cnc4ccccc4c3)c2C1. The number of pyridine rings is 1. The molecule has 0 atom stereocenters. The highest BCUT2D eigenvalue weighted by molar-refractivity contribution is 5.84. The van der Waals surface area contributed by atoms with Gasteiger partial charge in [0.1, 0.15) is 0 Å². The maximum Gasteiger partial charge on any atom is 0.179 e. The van der Waals surface area contributed by atoms with Gasteiger partial charge in [-0.2, -0.15) is 5.26 Å². The number of nitriles is 1. The Labute approximate surface area is 123 Å². The Kier molecular flexibility index (Phi) is 2.61. The van der Waals surface area contributed by atoms with Crippen LogP contribution in [0, 0.1) is 11.5 Å². The molecule has 1 aliphatic rings. The molecule has 3 heteroatoms. The lowest BCUT2D eigenvalue weighted by Gasteiger charge is -2.09. The summed E-state index contributed by atoms with van der Waals surface area (Å²) in [5.74, 6) is 0. The van der Waals surface area contributed by atoms with Crippen LogP contribution in [0.15, 0.2) is 54.7 Å². The fourth-order valence-corrected chi connectivity index (χ4v) is 2.98. The minimum Gasteiger partial charge on any atom is -0.302 e. The zero-order valence-corrected chi connectivity index (χ0v) is 11.5. The molecule has 100 valence electrons. The first-order valence-electron chi connectivity index (χ1n) is 6.96. The second kappa shape index (κ2) is 4.60. The van der Waals surface area contributed by atoms with E-state index in [0.717, 1.165) is 16.5 Å². The van der Waals surface area contributed by atoms with Crippen LogP contribution in [0.2, 0.25) is 0 Å². The molecular weight excluding hydrogens is 258 g/mol. The fourth-order valence-electron chi connectivity index (χ4n) is 2.98. The second-order valence-electron chi connectivity index (χ2n) is 5.32. The number of hydrogen-bond donors (Lipinski definition) is 0. The molecule has 1 aromatic heterocycles. The summed E-state index contributed by atoms with van der Waals surface area (Å²) in [7, 11) is 0. The van der Waals surface area contributed by atoms with Crippen molar-refractivity contribution in [2.75, 3.05) is 0 Å². The van der Waals surface area contributed by atoms with E-state index in [4.69, 9.17) is 5.26 Å². The van der Waals surface area contributed by atoms with Crippen LogP contribution in [-0.2, 0) is 13.1 Å². The molecule has 4 rings (SSSR count). The van der Waals surface area contributed by atoms with Gasteiger partial charge in [0, 0.05) is 17.1 Å². The van der Waals surface area contributed by atoms with E-state index in [2.05, 4.69) is 41.5 Å². The van der Waals surface area contributed by atoms with Gasteiger partial charge in [0.2, 0.25) is 0 Å². The molecule has 2 aromatic carbocycles. The Morgan fingerprint density at radius 2 is 1.95 bits per heavy atom. The van der Waals surface area contributed by atoms with E-state index in [1.54, 1.807) is 4.90 Å². The molecule has 0 spiro atoms. The summed E-state index contributed by atoms with van der Waals surface area (Å²) in [6.07, 6.45) is 4.16. The first kappa shape index (κ1) is 11.9. The van der Waals surface area contributed by atoms with Crippen molar-refractivity contribution in [1.29, 1.82) is 5.26 Å². The Morgan fingerprint density at radius 3 is 2.86 bits per heavy atom. The molecule has 0 aliphatic carbocycles. The van der Waals surface area contributed by atoms with Gasteiger partial charge in [-0.05, 0) is 28.8 Å². The van der Waals surface area contributed by atoms with Crippen LogP contribution >= 0.6 is 0 Å². The van der Waals surface area contributed by atoms with E-state index in [0.29, 0.717) is 13.1 Å². The Balaban J connectivity index is 1.87. The zero-order chi connectivity index (χ0) is 14.2. The van der Waals surface area contributed by atoms with E-state index in [1.807, 2.05) is 24.4 Å².